The highest BCUT2D eigenvalue weighted by Crippen LogP contribution is 2.28. The lowest BCUT2D eigenvalue weighted by Crippen LogP contribution is -2.40. The van der Waals surface area contributed by atoms with Crippen LogP contribution in [0.4, 0.5) is 0 Å². The predicted molar refractivity (Wildman–Crippen MR) is 78.4 cm³/mol. The minimum atomic E-state index is 0.0841. The first-order valence-corrected chi connectivity index (χ1v) is 7.11. The fourth-order valence-corrected chi connectivity index (χ4v) is 3.01. The van der Waals surface area contributed by atoms with E-state index in [9.17, 15) is 4.79 Å². The van der Waals surface area contributed by atoms with Crippen molar-refractivity contribution in [1.82, 2.24) is 4.90 Å². The van der Waals surface area contributed by atoms with Crippen LogP contribution in [0.5, 0.6) is 0 Å². The van der Waals surface area contributed by atoms with Gasteiger partial charge in [0.05, 0.1) is 13.2 Å². The molecular weight excluding hydrogens is 306 g/mol. The second kappa shape index (κ2) is 5.31. The Morgan fingerprint density at radius 3 is 2.53 bits per heavy atom. The van der Waals surface area contributed by atoms with Gasteiger partial charge in [-0.1, -0.05) is 40.2 Å². The Kier molecular flexibility index (Phi) is 3.53. The highest BCUT2D eigenvalue weighted by atomic mass is 79.9. The second-order valence-corrected chi connectivity index (χ2v) is 5.40. The molecule has 0 saturated carbocycles. The first-order valence-electron chi connectivity index (χ1n) is 6.31. The van der Waals surface area contributed by atoms with E-state index in [-0.39, 0.29) is 5.91 Å². The van der Waals surface area contributed by atoms with Gasteiger partial charge in [0, 0.05) is 28.5 Å². The molecule has 0 aliphatic carbocycles. The molecule has 1 fully saturated rings. The monoisotopic (exact) mass is 319 g/mol. The fraction of sp³-hybridized carbons (Fsp3) is 0.267. The number of carbonyl (C=O) groups excluding carboxylic acids is 1. The molecule has 0 atom stereocenters. The normalized spacial score (nSPS) is 15.7. The standard InChI is InChI=1S/C15H14BrNO2/c16-13-6-2-4-11-3-1-5-12(14(11)13)15(18)17-7-9-19-10-8-17/h1-6H,7-10H2. The molecule has 98 valence electrons. The molecule has 1 saturated heterocycles. The summed E-state index contributed by atoms with van der Waals surface area (Å²) in [7, 11) is 0. The van der Waals surface area contributed by atoms with Gasteiger partial charge in [-0.3, -0.25) is 4.79 Å². The highest BCUT2D eigenvalue weighted by molar-refractivity contribution is 9.10. The summed E-state index contributed by atoms with van der Waals surface area (Å²) in [5.74, 6) is 0.0841. The molecule has 2 aromatic rings. The Morgan fingerprint density at radius 1 is 1.11 bits per heavy atom. The van der Waals surface area contributed by atoms with E-state index in [2.05, 4.69) is 15.9 Å². The molecule has 0 unspecified atom stereocenters. The summed E-state index contributed by atoms with van der Waals surface area (Å²) in [6.07, 6.45) is 0. The number of hydrogen-bond acceptors (Lipinski definition) is 2. The quantitative estimate of drug-likeness (QED) is 0.808. The van der Waals surface area contributed by atoms with Crippen molar-refractivity contribution in [3.8, 4) is 0 Å². The van der Waals surface area contributed by atoms with Gasteiger partial charge in [-0.2, -0.15) is 0 Å². The van der Waals surface area contributed by atoms with Crippen molar-refractivity contribution in [2.45, 2.75) is 0 Å². The van der Waals surface area contributed by atoms with Crippen LogP contribution in [0.25, 0.3) is 10.8 Å². The largest absolute Gasteiger partial charge is 0.378 e. The SMILES string of the molecule is O=C(c1cccc2cccc(Br)c12)N1CCOCC1. The van der Waals surface area contributed by atoms with Gasteiger partial charge in [-0.25, -0.2) is 0 Å². The molecule has 1 aliphatic heterocycles. The number of hydrogen-bond donors (Lipinski definition) is 0. The summed E-state index contributed by atoms with van der Waals surface area (Å²) in [5.41, 5.74) is 0.756. The van der Waals surface area contributed by atoms with E-state index in [0.29, 0.717) is 26.3 Å². The number of halogens is 1. The molecule has 3 nitrogen and oxygen atoms in total. The van der Waals surface area contributed by atoms with E-state index in [0.717, 1.165) is 20.8 Å². The van der Waals surface area contributed by atoms with Crippen LogP contribution in [0.1, 0.15) is 10.4 Å². The van der Waals surface area contributed by atoms with Crippen LogP contribution in [0.3, 0.4) is 0 Å². The lowest BCUT2D eigenvalue weighted by molar-refractivity contribution is 0.0304. The minimum Gasteiger partial charge on any atom is -0.378 e. The molecule has 0 spiro atoms. The van der Waals surface area contributed by atoms with Crippen LogP contribution < -0.4 is 0 Å². The zero-order valence-electron chi connectivity index (χ0n) is 10.4. The summed E-state index contributed by atoms with van der Waals surface area (Å²) in [4.78, 5) is 14.5. The van der Waals surface area contributed by atoms with Gasteiger partial charge in [0.2, 0.25) is 0 Å². The highest BCUT2D eigenvalue weighted by Gasteiger charge is 2.20. The van der Waals surface area contributed by atoms with Crippen molar-refractivity contribution in [2.75, 3.05) is 26.3 Å². The molecule has 2 aromatic carbocycles. The zero-order chi connectivity index (χ0) is 13.2. The third-order valence-electron chi connectivity index (χ3n) is 3.38. The zero-order valence-corrected chi connectivity index (χ0v) is 12.0. The van der Waals surface area contributed by atoms with Gasteiger partial charge in [0.25, 0.3) is 5.91 Å². The molecule has 3 rings (SSSR count). The van der Waals surface area contributed by atoms with Crippen LogP contribution in [0.15, 0.2) is 40.9 Å². The van der Waals surface area contributed by atoms with Crippen molar-refractivity contribution in [3.05, 3.63) is 46.4 Å². The van der Waals surface area contributed by atoms with Crippen molar-refractivity contribution < 1.29 is 9.53 Å². The van der Waals surface area contributed by atoms with Crippen molar-refractivity contribution in [1.29, 1.82) is 0 Å². The maximum Gasteiger partial charge on any atom is 0.254 e. The average Bonchev–Trinajstić information content (AvgIpc) is 2.47. The van der Waals surface area contributed by atoms with Gasteiger partial charge < -0.3 is 9.64 Å². The number of morpholine rings is 1. The van der Waals surface area contributed by atoms with E-state index in [1.54, 1.807) is 0 Å². The molecule has 0 radical (unpaired) electrons. The topological polar surface area (TPSA) is 29.5 Å². The molecule has 4 heteroatoms. The van der Waals surface area contributed by atoms with Crippen LogP contribution >= 0.6 is 15.9 Å². The van der Waals surface area contributed by atoms with Crippen molar-refractivity contribution in [2.24, 2.45) is 0 Å². The summed E-state index contributed by atoms with van der Waals surface area (Å²) in [5, 5.41) is 2.06. The smallest absolute Gasteiger partial charge is 0.254 e. The number of rotatable bonds is 1. The Hall–Kier alpha value is -1.39. The molecule has 1 heterocycles. The fourth-order valence-electron chi connectivity index (χ4n) is 2.41. The number of benzene rings is 2. The third-order valence-corrected chi connectivity index (χ3v) is 4.04. The summed E-state index contributed by atoms with van der Waals surface area (Å²) in [6.45, 7) is 2.58. The van der Waals surface area contributed by atoms with Crippen LogP contribution in [-0.4, -0.2) is 37.1 Å². The number of amides is 1. The van der Waals surface area contributed by atoms with Crippen LogP contribution in [0, 0.1) is 0 Å². The maximum absolute atomic E-state index is 12.6. The number of nitrogens with zero attached hydrogens (tertiary/aromatic N) is 1. The van der Waals surface area contributed by atoms with Gasteiger partial charge >= 0.3 is 0 Å². The molecule has 19 heavy (non-hydrogen) atoms. The summed E-state index contributed by atoms with van der Waals surface area (Å²) in [6, 6.07) is 11.8. The van der Waals surface area contributed by atoms with Gasteiger partial charge in [-0.05, 0) is 17.5 Å². The first-order chi connectivity index (χ1) is 9.27. The van der Waals surface area contributed by atoms with Gasteiger partial charge in [-0.15, -0.1) is 0 Å². The molecule has 1 aliphatic rings. The molecule has 1 amide bonds. The summed E-state index contributed by atoms with van der Waals surface area (Å²) < 4.78 is 6.25. The lowest BCUT2D eigenvalue weighted by Gasteiger charge is -2.27. The number of fused-ring (bicyclic) bond motifs is 1. The average molecular weight is 320 g/mol. The van der Waals surface area contributed by atoms with Crippen molar-refractivity contribution >= 4 is 32.6 Å². The van der Waals surface area contributed by atoms with E-state index in [1.165, 1.54) is 0 Å². The lowest BCUT2D eigenvalue weighted by atomic mass is 10.0. The Morgan fingerprint density at radius 2 is 1.79 bits per heavy atom. The maximum atomic E-state index is 12.6. The van der Waals surface area contributed by atoms with E-state index < -0.39 is 0 Å². The predicted octanol–water partition coefficient (Wildman–Crippen LogP) is 3.07. The van der Waals surface area contributed by atoms with Crippen LogP contribution in [-0.2, 0) is 4.74 Å². The molecule has 0 N–H and O–H groups in total. The molecule has 0 bridgehead atoms. The van der Waals surface area contributed by atoms with Crippen molar-refractivity contribution in [3.63, 3.8) is 0 Å². The minimum absolute atomic E-state index is 0.0841. The Bertz CT molecular complexity index is 615. The Labute approximate surface area is 120 Å². The second-order valence-electron chi connectivity index (χ2n) is 4.55. The van der Waals surface area contributed by atoms with E-state index >= 15 is 0 Å². The molecular formula is C15H14BrNO2. The van der Waals surface area contributed by atoms with Gasteiger partial charge in [0.1, 0.15) is 0 Å². The molecule has 0 aromatic heterocycles. The third kappa shape index (κ3) is 2.38. The number of carbonyl (C=O) groups is 1. The summed E-state index contributed by atoms with van der Waals surface area (Å²) >= 11 is 3.54. The number of ether oxygens (including phenoxy) is 1. The van der Waals surface area contributed by atoms with Gasteiger partial charge in [0.15, 0.2) is 0 Å². The van der Waals surface area contributed by atoms with Crippen LogP contribution in [0.2, 0.25) is 0 Å². The Balaban J connectivity index is 2.06. The van der Waals surface area contributed by atoms with E-state index in [4.69, 9.17) is 4.74 Å². The van der Waals surface area contributed by atoms with E-state index in [1.807, 2.05) is 41.3 Å². The first kappa shape index (κ1) is 12.6.